The number of anilines is 2. The van der Waals surface area contributed by atoms with Crippen molar-refractivity contribution in [3.8, 4) is 0 Å². The van der Waals surface area contributed by atoms with Crippen LogP contribution in [0.2, 0.25) is 0 Å². The molecule has 4 rings (SSSR count). The Balaban J connectivity index is 0.00000182. The Morgan fingerprint density at radius 2 is 1.16 bits per heavy atom. The summed E-state index contributed by atoms with van der Waals surface area (Å²) in [5, 5.41) is 0. The standard InChI is InChI=1S/C16H16B2N6.Pt/c1-3-7-19-15(5-1)23-13-11-21(17-23)9-10-22-12-14-24(18-22)16-6-2-4-8-20-16;/h1-8,11-14H,9-10H2;. The smallest absolute Gasteiger partial charge is 0.396 e. The predicted molar refractivity (Wildman–Crippen MR) is 96.6 cm³/mol. The fraction of sp³-hybridized carbons (Fsp3) is 0.125. The second-order valence-electron chi connectivity index (χ2n) is 5.49. The van der Waals surface area contributed by atoms with Crippen LogP contribution in [0.25, 0.3) is 0 Å². The van der Waals surface area contributed by atoms with Gasteiger partial charge in [-0.1, -0.05) is 12.1 Å². The zero-order chi connectivity index (χ0) is 16.2. The molecule has 2 aliphatic rings. The molecule has 2 aromatic rings. The molecule has 0 aliphatic carbocycles. The fourth-order valence-corrected chi connectivity index (χ4v) is 2.57. The van der Waals surface area contributed by atoms with E-state index in [1.807, 2.05) is 58.4 Å². The summed E-state index contributed by atoms with van der Waals surface area (Å²) < 4.78 is 0. The molecular weight excluding hydrogens is 493 g/mol. The van der Waals surface area contributed by atoms with Gasteiger partial charge in [-0.2, -0.15) is 0 Å². The molecule has 0 unspecified atom stereocenters. The fourth-order valence-electron chi connectivity index (χ4n) is 2.57. The second-order valence-corrected chi connectivity index (χ2v) is 5.49. The number of pyridine rings is 2. The average Bonchev–Trinajstić information content (AvgIpc) is 3.31. The van der Waals surface area contributed by atoms with Crippen molar-refractivity contribution in [2.75, 3.05) is 22.7 Å². The number of hydrogen-bond donors (Lipinski definition) is 0. The molecule has 2 aromatic heterocycles. The first-order chi connectivity index (χ1) is 11.9. The van der Waals surface area contributed by atoms with Crippen LogP contribution in [0.4, 0.5) is 11.6 Å². The third-order valence-electron chi connectivity index (χ3n) is 3.83. The third kappa shape index (κ3) is 4.26. The molecule has 0 fully saturated rings. The van der Waals surface area contributed by atoms with Gasteiger partial charge in [0.15, 0.2) is 0 Å². The zero-order valence-corrected chi connectivity index (χ0v) is 15.8. The van der Waals surface area contributed by atoms with Crippen LogP contribution >= 0.6 is 0 Å². The van der Waals surface area contributed by atoms with E-state index in [9.17, 15) is 0 Å². The second kappa shape index (κ2) is 8.25. The monoisotopic (exact) mass is 509 g/mol. The van der Waals surface area contributed by atoms with Gasteiger partial charge in [0.25, 0.3) is 0 Å². The number of hydrogen-bond acceptors (Lipinski definition) is 6. The first kappa shape index (κ1) is 17.6. The van der Waals surface area contributed by atoms with Crippen LogP contribution in [0.1, 0.15) is 0 Å². The van der Waals surface area contributed by atoms with E-state index >= 15 is 0 Å². The van der Waals surface area contributed by atoms with Gasteiger partial charge in [0.2, 0.25) is 0 Å². The predicted octanol–water partition coefficient (Wildman–Crippen LogP) is 1.43. The number of rotatable bonds is 5. The van der Waals surface area contributed by atoms with E-state index in [1.165, 1.54) is 0 Å². The Morgan fingerprint density at radius 1 is 0.680 bits per heavy atom. The number of aromatic nitrogens is 2. The summed E-state index contributed by atoms with van der Waals surface area (Å²) in [7, 11) is 4.11. The zero-order valence-electron chi connectivity index (χ0n) is 13.5. The van der Waals surface area contributed by atoms with Gasteiger partial charge in [-0.3, -0.25) is 0 Å². The Kier molecular flexibility index (Phi) is 5.82. The molecule has 126 valence electrons. The summed E-state index contributed by atoms with van der Waals surface area (Å²) >= 11 is 0. The Morgan fingerprint density at radius 3 is 1.56 bits per heavy atom. The van der Waals surface area contributed by atoms with Crippen LogP contribution in [-0.4, -0.2) is 47.8 Å². The molecule has 0 N–H and O–H groups in total. The van der Waals surface area contributed by atoms with Crippen LogP contribution in [-0.2, 0) is 21.1 Å². The average molecular weight is 509 g/mol. The van der Waals surface area contributed by atoms with Crippen LogP contribution in [0.3, 0.4) is 0 Å². The van der Waals surface area contributed by atoms with Gasteiger partial charge in [-0.25, -0.2) is 9.97 Å². The van der Waals surface area contributed by atoms with Crippen molar-refractivity contribution >= 4 is 26.7 Å². The van der Waals surface area contributed by atoms with Crippen LogP contribution in [0.15, 0.2) is 73.6 Å². The summed E-state index contributed by atoms with van der Waals surface area (Å²) in [5.41, 5.74) is 0. The summed E-state index contributed by atoms with van der Waals surface area (Å²) in [6, 6.07) is 11.8. The van der Waals surface area contributed by atoms with Crippen molar-refractivity contribution < 1.29 is 21.1 Å². The summed E-state index contributed by atoms with van der Waals surface area (Å²) in [5.74, 6) is 1.84. The molecule has 2 aliphatic heterocycles. The molecule has 9 heteroatoms. The van der Waals surface area contributed by atoms with E-state index in [0.29, 0.717) is 0 Å². The topological polar surface area (TPSA) is 38.7 Å². The molecule has 0 amide bonds. The van der Waals surface area contributed by atoms with Gasteiger partial charge in [-0.05, 0) is 24.3 Å². The van der Waals surface area contributed by atoms with Crippen molar-refractivity contribution in [2.45, 2.75) is 0 Å². The Bertz CT molecular complexity index is 666. The van der Waals surface area contributed by atoms with Gasteiger partial charge in [0.05, 0.1) is 0 Å². The Hall–Kier alpha value is -2.20. The van der Waals surface area contributed by atoms with Gasteiger partial charge in [-0.15, -0.1) is 0 Å². The van der Waals surface area contributed by atoms with Crippen molar-refractivity contribution in [3.05, 3.63) is 73.6 Å². The van der Waals surface area contributed by atoms with E-state index in [-0.39, 0.29) is 21.1 Å². The molecule has 2 radical (unpaired) electrons. The summed E-state index contributed by atoms with van der Waals surface area (Å²) in [4.78, 5) is 17.0. The minimum Gasteiger partial charge on any atom is -0.402 e. The summed E-state index contributed by atoms with van der Waals surface area (Å²) in [6.07, 6.45) is 11.8. The van der Waals surface area contributed by atoms with E-state index in [4.69, 9.17) is 0 Å². The maximum absolute atomic E-state index is 4.35. The maximum Gasteiger partial charge on any atom is 0.396 e. The maximum atomic E-state index is 4.35. The van der Waals surface area contributed by atoms with Crippen molar-refractivity contribution in [1.82, 2.24) is 19.6 Å². The molecule has 25 heavy (non-hydrogen) atoms. The normalized spacial score (nSPS) is 15.2. The van der Waals surface area contributed by atoms with E-state index in [1.54, 1.807) is 12.4 Å². The van der Waals surface area contributed by atoms with Gasteiger partial charge < -0.3 is 19.2 Å². The third-order valence-corrected chi connectivity index (χ3v) is 3.83. The quantitative estimate of drug-likeness (QED) is 0.569. The Labute approximate surface area is 163 Å². The molecule has 0 bridgehead atoms. The number of nitrogens with zero attached hydrogens (tertiary/aromatic N) is 6. The van der Waals surface area contributed by atoms with Crippen molar-refractivity contribution in [2.24, 2.45) is 0 Å². The van der Waals surface area contributed by atoms with Gasteiger partial charge in [0.1, 0.15) is 11.6 Å². The van der Waals surface area contributed by atoms with E-state index in [2.05, 4.69) is 47.1 Å². The van der Waals surface area contributed by atoms with Crippen molar-refractivity contribution in [1.29, 1.82) is 0 Å². The van der Waals surface area contributed by atoms with Gasteiger partial charge >= 0.3 is 15.1 Å². The van der Waals surface area contributed by atoms with E-state index < -0.39 is 0 Å². The summed E-state index contributed by atoms with van der Waals surface area (Å²) in [6.45, 7) is 1.77. The molecule has 6 nitrogen and oxygen atoms in total. The molecular formula is C16H16B2N6Pt. The minimum atomic E-state index is 0. The van der Waals surface area contributed by atoms with E-state index in [0.717, 1.165) is 24.7 Å². The first-order valence-corrected chi connectivity index (χ1v) is 7.85. The molecule has 0 saturated heterocycles. The van der Waals surface area contributed by atoms with Crippen LogP contribution in [0.5, 0.6) is 0 Å². The molecule has 0 atom stereocenters. The van der Waals surface area contributed by atoms with Crippen LogP contribution < -0.4 is 9.62 Å². The SMILES string of the molecule is [B]1N(CCN2[B]N(c3ccccn3)C=C2)C=CN1c1ccccn1.[Pt]. The largest absolute Gasteiger partial charge is 0.402 e. The van der Waals surface area contributed by atoms with Gasteiger partial charge in [0, 0.05) is 71.3 Å². The minimum absolute atomic E-state index is 0. The molecule has 0 spiro atoms. The van der Waals surface area contributed by atoms with Crippen molar-refractivity contribution in [3.63, 3.8) is 0 Å². The molecule has 0 aromatic carbocycles. The first-order valence-electron chi connectivity index (χ1n) is 7.85. The molecule has 0 saturated carbocycles. The van der Waals surface area contributed by atoms with Crippen LogP contribution in [0, 0.1) is 0 Å². The molecule has 4 heterocycles.